The number of halogens is 3. The number of alkyl halides is 3. The van der Waals surface area contributed by atoms with Crippen LogP contribution in [0.4, 0.5) is 24.5 Å². The Morgan fingerprint density at radius 3 is 2.67 bits per heavy atom. The van der Waals surface area contributed by atoms with Gasteiger partial charge in [-0.25, -0.2) is 13.6 Å². The summed E-state index contributed by atoms with van der Waals surface area (Å²) in [6.07, 6.45) is -3.12. The van der Waals surface area contributed by atoms with Crippen molar-refractivity contribution in [1.82, 2.24) is 4.57 Å². The van der Waals surface area contributed by atoms with Crippen molar-refractivity contribution in [2.45, 2.75) is 49.5 Å². The van der Waals surface area contributed by atoms with E-state index in [1.54, 1.807) is 18.2 Å². The number of anilines is 2. The molecule has 0 saturated carbocycles. The number of ether oxygens (including phenoxy) is 2. The molecule has 1 saturated heterocycles. The lowest BCUT2D eigenvalue weighted by Gasteiger charge is -2.31. The zero-order valence-corrected chi connectivity index (χ0v) is 22.2. The second kappa shape index (κ2) is 11.1. The van der Waals surface area contributed by atoms with Crippen molar-refractivity contribution >= 4 is 32.3 Å². The highest BCUT2D eigenvalue weighted by molar-refractivity contribution is 7.89. The second-order valence-electron chi connectivity index (χ2n) is 9.28. The molecule has 208 valence electrons. The minimum absolute atomic E-state index is 0.0127. The van der Waals surface area contributed by atoms with E-state index in [1.807, 2.05) is 13.0 Å². The number of sulfonamides is 1. The van der Waals surface area contributed by atoms with Crippen molar-refractivity contribution in [3.8, 4) is 17.6 Å². The summed E-state index contributed by atoms with van der Waals surface area (Å²) in [6, 6.07) is 10.9. The Balaban J connectivity index is 1.61. The molecule has 0 unspecified atom stereocenters. The number of nitrogens with zero attached hydrogens (tertiary/aromatic N) is 1. The van der Waals surface area contributed by atoms with Gasteiger partial charge in [0.25, 0.3) is 0 Å². The molecule has 12 heteroatoms. The largest absolute Gasteiger partial charge is 0.496 e. The molecule has 0 amide bonds. The Morgan fingerprint density at radius 1 is 1.23 bits per heavy atom. The molecule has 2 heterocycles. The monoisotopic (exact) mass is 562 g/mol. The smallest absolute Gasteiger partial charge is 0.406 e. The third kappa shape index (κ3) is 6.99. The van der Waals surface area contributed by atoms with E-state index in [-0.39, 0.29) is 35.0 Å². The van der Waals surface area contributed by atoms with Gasteiger partial charge in [-0.2, -0.15) is 13.2 Å². The molecule has 2 aromatic carbocycles. The minimum atomic E-state index is -4.45. The van der Waals surface area contributed by atoms with Crippen LogP contribution in [0.15, 0.2) is 59.7 Å². The first-order valence-electron chi connectivity index (χ1n) is 12.1. The first-order valence-corrected chi connectivity index (χ1v) is 13.6. The van der Waals surface area contributed by atoms with E-state index in [9.17, 15) is 21.6 Å². The maximum Gasteiger partial charge on any atom is 0.406 e. The highest BCUT2D eigenvalue weighted by Crippen LogP contribution is 2.32. The van der Waals surface area contributed by atoms with Gasteiger partial charge in [0, 0.05) is 36.0 Å². The predicted molar refractivity (Wildman–Crippen MR) is 144 cm³/mol. The van der Waals surface area contributed by atoms with E-state index in [0.717, 1.165) is 11.0 Å². The van der Waals surface area contributed by atoms with Gasteiger partial charge in [-0.3, -0.25) is 0 Å². The second-order valence-corrected chi connectivity index (χ2v) is 10.8. The number of fused-ring (bicyclic) bond motifs is 1. The fourth-order valence-corrected chi connectivity index (χ4v) is 5.13. The third-order valence-electron chi connectivity index (χ3n) is 6.19. The first-order chi connectivity index (χ1) is 18.3. The number of hydrogen-bond donors (Lipinski definition) is 3. The summed E-state index contributed by atoms with van der Waals surface area (Å²) in [5, 5.41) is 12.2. The van der Waals surface area contributed by atoms with Crippen LogP contribution in [-0.2, 0) is 21.3 Å². The Morgan fingerprint density at radius 2 is 2.00 bits per heavy atom. The number of hydrogen-bond acceptors (Lipinski definition) is 6. The van der Waals surface area contributed by atoms with Gasteiger partial charge in [0.2, 0.25) is 10.0 Å². The molecular formula is C27H29F3N4O4S. The van der Waals surface area contributed by atoms with Crippen molar-refractivity contribution < 1.29 is 31.1 Å². The van der Waals surface area contributed by atoms with E-state index >= 15 is 0 Å². The standard InChI is InChI=1S/C27H29F3N4O4S/c1-17-12-19(13-18(2)38-17)33-23-7-4-8-25-22(23)14-20(34(25)16-27(28,29)30)6-5-11-32-24-10-9-21(39(31,35)36)15-26(24)37-3/h4,7-10,14-15,18-19,32-33H,1,11-13,16H2,2-3H3,(H2,31,35,36)/t18-,19+/m0/s1. The van der Waals surface area contributed by atoms with Crippen molar-refractivity contribution in [2.24, 2.45) is 5.14 Å². The Hall–Kier alpha value is -3.82. The lowest BCUT2D eigenvalue weighted by atomic mass is 10.0. The zero-order chi connectivity index (χ0) is 28.4. The number of nitrogens with two attached hydrogens (primary N) is 1. The van der Waals surface area contributed by atoms with E-state index in [1.165, 1.54) is 25.3 Å². The lowest BCUT2D eigenvalue weighted by molar-refractivity contribution is -0.140. The summed E-state index contributed by atoms with van der Waals surface area (Å²) in [6.45, 7) is 4.73. The third-order valence-corrected chi connectivity index (χ3v) is 7.10. The Kier molecular flexibility index (Phi) is 8.04. The van der Waals surface area contributed by atoms with Crippen LogP contribution >= 0.6 is 0 Å². The molecule has 4 N–H and O–H groups in total. The van der Waals surface area contributed by atoms with Crippen molar-refractivity contribution in [3.63, 3.8) is 0 Å². The molecule has 39 heavy (non-hydrogen) atoms. The zero-order valence-electron chi connectivity index (χ0n) is 21.4. The van der Waals surface area contributed by atoms with Crippen LogP contribution in [0.25, 0.3) is 10.9 Å². The number of primary sulfonamides is 1. The highest BCUT2D eigenvalue weighted by Gasteiger charge is 2.30. The topological polar surface area (TPSA) is 108 Å². The van der Waals surface area contributed by atoms with Gasteiger partial charge >= 0.3 is 6.18 Å². The van der Waals surface area contributed by atoms with Crippen molar-refractivity contribution in [1.29, 1.82) is 0 Å². The van der Waals surface area contributed by atoms with Crippen LogP contribution in [0.1, 0.15) is 25.5 Å². The Bertz CT molecular complexity index is 1550. The molecule has 1 aliphatic rings. The summed E-state index contributed by atoms with van der Waals surface area (Å²) >= 11 is 0. The molecule has 3 aromatic rings. The fraction of sp³-hybridized carbons (Fsp3) is 0.333. The molecule has 8 nitrogen and oxygen atoms in total. The summed E-state index contributed by atoms with van der Waals surface area (Å²) in [5.74, 6) is 6.60. The van der Waals surface area contributed by atoms with Crippen molar-refractivity contribution in [3.05, 3.63) is 60.5 Å². The van der Waals surface area contributed by atoms with Gasteiger partial charge in [0.05, 0.1) is 47.3 Å². The van der Waals surface area contributed by atoms with Gasteiger partial charge in [-0.15, -0.1) is 0 Å². The molecule has 0 bridgehead atoms. The predicted octanol–water partition coefficient (Wildman–Crippen LogP) is 4.82. The molecular weight excluding hydrogens is 533 g/mol. The molecule has 0 spiro atoms. The van der Waals surface area contributed by atoms with Gasteiger partial charge < -0.3 is 24.7 Å². The number of methoxy groups -OCH3 is 1. The summed E-state index contributed by atoms with van der Waals surface area (Å²) in [7, 11) is -2.54. The van der Waals surface area contributed by atoms with Crippen LogP contribution < -0.4 is 20.5 Å². The van der Waals surface area contributed by atoms with E-state index in [4.69, 9.17) is 14.6 Å². The molecule has 0 aliphatic carbocycles. The maximum absolute atomic E-state index is 13.5. The van der Waals surface area contributed by atoms with Gasteiger partial charge in [-0.1, -0.05) is 18.6 Å². The van der Waals surface area contributed by atoms with Gasteiger partial charge in [-0.05, 0) is 43.2 Å². The maximum atomic E-state index is 13.5. The molecule has 1 aliphatic heterocycles. The molecule has 1 aromatic heterocycles. The van der Waals surface area contributed by atoms with Crippen LogP contribution in [0.2, 0.25) is 0 Å². The fourth-order valence-electron chi connectivity index (χ4n) is 4.60. The van der Waals surface area contributed by atoms with Crippen molar-refractivity contribution in [2.75, 3.05) is 24.3 Å². The van der Waals surface area contributed by atoms with Crippen LogP contribution in [-0.4, -0.2) is 45.0 Å². The lowest BCUT2D eigenvalue weighted by Crippen LogP contribution is -2.31. The summed E-state index contributed by atoms with van der Waals surface area (Å²) in [5.41, 5.74) is 1.78. The molecule has 4 rings (SSSR count). The number of benzene rings is 2. The minimum Gasteiger partial charge on any atom is -0.496 e. The number of nitrogens with one attached hydrogen (secondary N) is 2. The summed E-state index contributed by atoms with van der Waals surface area (Å²) in [4.78, 5) is -0.114. The SMILES string of the molecule is C=C1C[C@@H](Nc2cccc3c2cc(C#CCNc2ccc(S(N)(=O)=O)cc2OC)n3CC(F)(F)F)C[C@H](C)O1. The van der Waals surface area contributed by atoms with Gasteiger partial charge in [0.1, 0.15) is 12.3 Å². The molecule has 1 fully saturated rings. The quantitative estimate of drug-likeness (QED) is 0.357. The van der Waals surface area contributed by atoms with Crippen LogP contribution in [0.3, 0.4) is 0 Å². The summed E-state index contributed by atoms with van der Waals surface area (Å²) < 4.78 is 75.7. The number of aromatic nitrogens is 1. The van der Waals surface area contributed by atoms with Crippen LogP contribution in [0.5, 0.6) is 5.75 Å². The number of rotatable bonds is 7. The van der Waals surface area contributed by atoms with E-state index in [2.05, 4.69) is 29.1 Å². The first kappa shape index (κ1) is 28.2. The average Bonchev–Trinajstić information content (AvgIpc) is 3.17. The normalized spacial score (nSPS) is 17.7. The van der Waals surface area contributed by atoms with Crippen LogP contribution in [0, 0.1) is 11.8 Å². The highest BCUT2D eigenvalue weighted by atomic mass is 32.2. The van der Waals surface area contributed by atoms with E-state index in [0.29, 0.717) is 34.5 Å². The average molecular weight is 563 g/mol. The molecule has 0 radical (unpaired) electrons. The Labute approximate surface area is 225 Å². The van der Waals surface area contributed by atoms with Gasteiger partial charge in [0.15, 0.2) is 0 Å². The molecule has 2 atom stereocenters. The van der Waals surface area contributed by atoms with E-state index < -0.39 is 22.7 Å².